The number of rotatable bonds is 3. The average Bonchev–Trinajstić information content (AvgIpc) is 2.98. The molecule has 134 valence electrons. The molecule has 1 N–H and O–H groups in total. The zero-order valence-electron chi connectivity index (χ0n) is 13.4. The molecule has 0 aliphatic rings. The van der Waals surface area contributed by atoms with E-state index in [0.29, 0.717) is 11.4 Å². The fraction of sp³-hybridized carbons (Fsp3) is 0.118. The van der Waals surface area contributed by atoms with E-state index >= 15 is 0 Å². The number of carbonyl (C=O) groups excluding carboxylic acids is 1. The summed E-state index contributed by atoms with van der Waals surface area (Å²) in [5, 5.41) is 10.2. The Morgan fingerprint density at radius 2 is 1.81 bits per heavy atom. The van der Waals surface area contributed by atoms with E-state index in [0.717, 1.165) is 12.1 Å². The lowest BCUT2D eigenvalue weighted by Gasteiger charge is -2.11. The number of alkyl halides is 3. The summed E-state index contributed by atoms with van der Waals surface area (Å²) in [7, 11) is 0. The van der Waals surface area contributed by atoms with Crippen molar-refractivity contribution in [3.8, 4) is 5.69 Å². The van der Waals surface area contributed by atoms with Crippen LogP contribution in [-0.4, -0.2) is 20.9 Å². The molecule has 0 spiro atoms. The maximum atomic E-state index is 12.9. The third kappa shape index (κ3) is 3.70. The van der Waals surface area contributed by atoms with Gasteiger partial charge in [-0.2, -0.15) is 23.1 Å². The minimum Gasteiger partial charge on any atom is -0.321 e. The van der Waals surface area contributed by atoms with E-state index in [1.54, 1.807) is 31.2 Å². The molecule has 2 aromatic carbocycles. The third-order valence-corrected chi connectivity index (χ3v) is 3.84. The second kappa shape index (κ2) is 6.80. The summed E-state index contributed by atoms with van der Waals surface area (Å²) in [6.07, 6.45) is -4.62. The zero-order chi connectivity index (χ0) is 18.9. The van der Waals surface area contributed by atoms with Crippen LogP contribution in [0.2, 0.25) is 5.02 Å². The minimum atomic E-state index is -4.62. The van der Waals surface area contributed by atoms with Crippen LogP contribution in [0.25, 0.3) is 5.69 Å². The van der Waals surface area contributed by atoms with E-state index in [2.05, 4.69) is 15.5 Å². The summed E-state index contributed by atoms with van der Waals surface area (Å²) in [5.41, 5.74) is -0.0590. The van der Waals surface area contributed by atoms with Gasteiger partial charge in [0.15, 0.2) is 5.69 Å². The highest BCUT2D eigenvalue weighted by Crippen LogP contribution is 2.36. The van der Waals surface area contributed by atoms with Gasteiger partial charge in [0, 0.05) is 5.69 Å². The summed E-state index contributed by atoms with van der Waals surface area (Å²) < 4.78 is 38.8. The molecule has 0 atom stereocenters. The normalized spacial score (nSPS) is 11.4. The summed E-state index contributed by atoms with van der Waals surface area (Å²) in [6.45, 7) is 1.59. The highest BCUT2D eigenvalue weighted by molar-refractivity contribution is 6.31. The molecular formula is C17H12ClF3N4O. The Labute approximate surface area is 151 Å². The lowest BCUT2D eigenvalue weighted by atomic mass is 10.2. The van der Waals surface area contributed by atoms with Crippen LogP contribution in [0.3, 0.4) is 0 Å². The van der Waals surface area contributed by atoms with Crippen molar-refractivity contribution in [1.82, 2.24) is 15.0 Å². The molecule has 0 aliphatic heterocycles. The molecule has 0 unspecified atom stereocenters. The van der Waals surface area contributed by atoms with Crippen molar-refractivity contribution in [2.24, 2.45) is 0 Å². The second-order valence-corrected chi connectivity index (χ2v) is 5.81. The van der Waals surface area contributed by atoms with Crippen molar-refractivity contribution in [2.75, 3.05) is 5.32 Å². The predicted octanol–water partition coefficient (Wildman–Crippen LogP) is 4.50. The van der Waals surface area contributed by atoms with Gasteiger partial charge in [-0.1, -0.05) is 29.8 Å². The molecule has 1 heterocycles. The van der Waals surface area contributed by atoms with Crippen LogP contribution < -0.4 is 5.32 Å². The number of aryl methyl sites for hydroxylation is 1. The number of aromatic nitrogens is 3. The third-order valence-electron chi connectivity index (χ3n) is 3.51. The molecule has 0 bridgehead atoms. The number of nitrogens with zero attached hydrogens (tertiary/aromatic N) is 3. The highest BCUT2D eigenvalue weighted by Gasteiger charge is 2.33. The number of nitrogens with one attached hydrogen (secondary N) is 1. The Bertz CT molecular complexity index is 954. The second-order valence-electron chi connectivity index (χ2n) is 5.41. The quantitative estimate of drug-likeness (QED) is 0.727. The van der Waals surface area contributed by atoms with Gasteiger partial charge in [0.25, 0.3) is 5.91 Å². The van der Waals surface area contributed by atoms with E-state index in [4.69, 9.17) is 11.6 Å². The van der Waals surface area contributed by atoms with Crippen LogP contribution in [0, 0.1) is 6.92 Å². The molecule has 0 saturated heterocycles. The van der Waals surface area contributed by atoms with Gasteiger partial charge in [-0.25, -0.2) is 0 Å². The van der Waals surface area contributed by atoms with Crippen LogP contribution >= 0.6 is 11.6 Å². The Hall–Kier alpha value is -2.87. The van der Waals surface area contributed by atoms with Crippen molar-refractivity contribution in [3.63, 3.8) is 0 Å². The van der Waals surface area contributed by atoms with Crippen molar-refractivity contribution < 1.29 is 18.0 Å². The lowest BCUT2D eigenvalue weighted by molar-refractivity contribution is -0.137. The van der Waals surface area contributed by atoms with Crippen LogP contribution in [0.5, 0.6) is 0 Å². The molecule has 26 heavy (non-hydrogen) atoms. The first-order chi connectivity index (χ1) is 12.3. The summed E-state index contributed by atoms with van der Waals surface area (Å²) >= 11 is 5.57. The van der Waals surface area contributed by atoms with E-state index in [-0.39, 0.29) is 11.4 Å². The fourth-order valence-corrected chi connectivity index (χ4v) is 2.50. The van der Waals surface area contributed by atoms with Crippen LogP contribution in [0.4, 0.5) is 18.9 Å². The smallest absolute Gasteiger partial charge is 0.321 e. The van der Waals surface area contributed by atoms with Crippen molar-refractivity contribution in [3.05, 3.63) is 70.5 Å². The Morgan fingerprint density at radius 3 is 2.46 bits per heavy atom. The molecular weight excluding hydrogens is 369 g/mol. The summed E-state index contributed by atoms with van der Waals surface area (Å²) in [6, 6.07) is 12.1. The standard InChI is InChI=1S/C17H12ClF3N4O/c1-10-15(24-25(23-10)12-5-3-2-4-6-12)16(26)22-11-7-8-14(18)13(9-11)17(19,20)21/h2-9H,1H3,(H,22,26). The number of hydrogen-bond donors (Lipinski definition) is 1. The van der Waals surface area contributed by atoms with E-state index < -0.39 is 22.7 Å². The first-order valence-corrected chi connectivity index (χ1v) is 7.81. The highest BCUT2D eigenvalue weighted by atomic mass is 35.5. The van der Waals surface area contributed by atoms with E-state index in [1.165, 1.54) is 10.9 Å². The van der Waals surface area contributed by atoms with Gasteiger partial charge in [0.2, 0.25) is 0 Å². The Balaban J connectivity index is 1.86. The van der Waals surface area contributed by atoms with Gasteiger partial charge in [0.05, 0.1) is 22.0 Å². The molecule has 3 aromatic rings. The largest absolute Gasteiger partial charge is 0.417 e. The molecule has 0 fully saturated rings. The number of benzene rings is 2. The topological polar surface area (TPSA) is 59.8 Å². The Kier molecular flexibility index (Phi) is 4.69. The molecule has 0 saturated carbocycles. The van der Waals surface area contributed by atoms with Gasteiger partial charge < -0.3 is 5.32 Å². The number of hydrogen-bond acceptors (Lipinski definition) is 3. The van der Waals surface area contributed by atoms with Crippen molar-refractivity contribution in [2.45, 2.75) is 13.1 Å². The van der Waals surface area contributed by atoms with Crippen LogP contribution in [0.1, 0.15) is 21.7 Å². The van der Waals surface area contributed by atoms with Gasteiger partial charge in [-0.05, 0) is 37.3 Å². The first kappa shape index (κ1) is 17.9. The van der Waals surface area contributed by atoms with Crippen molar-refractivity contribution in [1.29, 1.82) is 0 Å². The number of carbonyl (C=O) groups is 1. The number of para-hydroxylation sites is 1. The zero-order valence-corrected chi connectivity index (χ0v) is 14.1. The predicted molar refractivity (Wildman–Crippen MR) is 90.5 cm³/mol. The molecule has 5 nitrogen and oxygen atoms in total. The number of halogens is 4. The SMILES string of the molecule is Cc1nn(-c2ccccc2)nc1C(=O)Nc1ccc(Cl)c(C(F)(F)F)c1. The summed E-state index contributed by atoms with van der Waals surface area (Å²) in [5.74, 6) is -0.667. The van der Waals surface area contributed by atoms with Crippen LogP contribution in [-0.2, 0) is 6.18 Å². The van der Waals surface area contributed by atoms with Gasteiger partial charge in [0.1, 0.15) is 0 Å². The van der Waals surface area contributed by atoms with Gasteiger partial charge in [-0.3, -0.25) is 4.79 Å². The molecule has 9 heteroatoms. The average molecular weight is 381 g/mol. The molecule has 0 aliphatic carbocycles. The number of anilines is 1. The number of amides is 1. The molecule has 1 amide bonds. The monoisotopic (exact) mass is 380 g/mol. The van der Waals surface area contributed by atoms with E-state index in [1.807, 2.05) is 6.07 Å². The molecule has 3 rings (SSSR count). The van der Waals surface area contributed by atoms with Crippen molar-refractivity contribution >= 4 is 23.2 Å². The minimum absolute atomic E-state index is 0.0114. The first-order valence-electron chi connectivity index (χ1n) is 7.43. The molecule has 0 radical (unpaired) electrons. The Morgan fingerprint density at radius 1 is 1.12 bits per heavy atom. The summed E-state index contributed by atoms with van der Waals surface area (Å²) in [4.78, 5) is 13.7. The van der Waals surface area contributed by atoms with Crippen LogP contribution in [0.15, 0.2) is 48.5 Å². The van der Waals surface area contributed by atoms with Gasteiger partial charge in [-0.15, -0.1) is 5.10 Å². The maximum absolute atomic E-state index is 12.9. The fourth-order valence-electron chi connectivity index (χ4n) is 2.28. The maximum Gasteiger partial charge on any atom is 0.417 e. The molecule has 1 aromatic heterocycles. The van der Waals surface area contributed by atoms with Gasteiger partial charge >= 0.3 is 6.18 Å². The lowest BCUT2D eigenvalue weighted by Crippen LogP contribution is -2.15. The van der Waals surface area contributed by atoms with E-state index in [9.17, 15) is 18.0 Å².